The zero-order valence-corrected chi connectivity index (χ0v) is 16.6. The Morgan fingerprint density at radius 2 is 2.07 bits per heavy atom. The molecule has 2 heterocycles. The van der Waals surface area contributed by atoms with E-state index in [1.165, 1.54) is 22.5 Å². The van der Waals surface area contributed by atoms with Gasteiger partial charge in [0.15, 0.2) is 6.73 Å². The Balaban J connectivity index is 1.32. The molecule has 0 saturated heterocycles. The molecule has 9 heteroatoms. The number of alkyl halides is 2. The van der Waals surface area contributed by atoms with Crippen LogP contribution in [0.25, 0.3) is 0 Å². The van der Waals surface area contributed by atoms with Crippen molar-refractivity contribution in [1.82, 2.24) is 19.6 Å². The molecule has 0 atom stereocenters. The quantitative estimate of drug-likeness (QED) is 0.570. The molecule has 1 fully saturated rings. The normalized spacial score (nSPS) is 13.6. The summed E-state index contributed by atoms with van der Waals surface area (Å²) in [5.74, 6) is 0.593. The molecule has 0 bridgehead atoms. The third kappa shape index (κ3) is 4.84. The number of aromatic nitrogens is 4. The number of nitrogens with one attached hydrogen (secondary N) is 1. The fraction of sp³-hybridized carbons (Fsp3) is 0.381. The molecule has 158 valence electrons. The van der Waals surface area contributed by atoms with E-state index >= 15 is 0 Å². The van der Waals surface area contributed by atoms with E-state index in [4.69, 9.17) is 4.74 Å². The average Bonchev–Trinajstić information content (AvgIpc) is 3.34. The zero-order chi connectivity index (χ0) is 21.1. The number of hydrogen-bond acceptors (Lipinski definition) is 4. The third-order valence-corrected chi connectivity index (χ3v) is 4.95. The van der Waals surface area contributed by atoms with Crippen molar-refractivity contribution in [3.8, 4) is 5.75 Å². The SMILES string of the molecule is CCc1ccc(OCn2cc(NC(=O)Cn3nc(C(F)F)cc3C3CC3)cn2)cc1. The molecule has 7 nitrogen and oxygen atoms in total. The summed E-state index contributed by atoms with van der Waals surface area (Å²) in [6.45, 7) is 2.17. The summed E-state index contributed by atoms with van der Waals surface area (Å²) >= 11 is 0. The molecular weight excluding hydrogens is 392 g/mol. The molecule has 0 spiro atoms. The second-order valence-electron chi connectivity index (χ2n) is 7.31. The minimum atomic E-state index is -2.65. The number of halogens is 2. The molecule has 2 aromatic heterocycles. The van der Waals surface area contributed by atoms with Gasteiger partial charge in [-0.15, -0.1) is 0 Å². The first kappa shape index (κ1) is 20.1. The molecule has 1 N–H and O–H groups in total. The molecular formula is C21H23F2N5O2. The van der Waals surface area contributed by atoms with Gasteiger partial charge < -0.3 is 10.1 Å². The Kier molecular flexibility index (Phi) is 5.78. The van der Waals surface area contributed by atoms with Crippen molar-refractivity contribution in [1.29, 1.82) is 0 Å². The number of hydrogen-bond donors (Lipinski definition) is 1. The smallest absolute Gasteiger partial charge is 0.282 e. The highest BCUT2D eigenvalue weighted by molar-refractivity contribution is 5.90. The fourth-order valence-corrected chi connectivity index (χ4v) is 3.19. The van der Waals surface area contributed by atoms with Crippen LogP contribution in [0.3, 0.4) is 0 Å². The van der Waals surface area contributed by atoms with Gasteiger partial charge in [-0.1, -0.05) is 19.1 Å². The number of nitrogens with zero attached hydrogens (tertiary/aromatic N) is 4. The van der Waals surface area contributed by atoms with Crippen molar-refractivity contribution in [2.75, 3.05) is 5.32 Å². The highest BCUT2D eigenvalue weighted by Crippen LogP contribution is 2.41. The van der Waals surface area contributed by atoms with E-state index in [0.29, 0.717) is 11.4 Å². The maximum atomic E-state index is 13.0. The summed E-state index contributed by atoms with van der Waals surface area (Å²) in [5, 5.41) is 10.8. The maximum absolute atomic E-state index is 13.0. The highest BCUT2D eigenvalue weighted by Gasteiger charge is 2.30. The van der Waals surface area contributed by atoms with E-state index in [9.17, 15) is 13.6 Å². The number of rotatable bonds is 9. The average molecular weight is 415 g/mol. The first-order valence-electron chi connectivity index (χ1n) is 9.91. The molecule has 1 aromatic carbocycles. The standard InChI is InChI=1S/C21H23F2N5O2/c1-2-14-3-7-17(8-4-14)30-13-27-11-16(10-24-27)25-20(29)12-28-19(15-5-6-15)9-18(26-28)21(22)23/h3-4,7-11,15,21H,2,5-6,12-13H2,1H3,(H,25,29). The van der Waals surface area contributed by atoms with E-state index in [-0.39, 0.29) is 30.8 Å². The molecule has 0 aliphatic heterocycles. The van der Waals surface area contributed by atoms with E-state index in [1.54, 1.807) is 10.9 Å². The minimum Gasteiger partial charge on any atom is -0.471 e. The first-order valence-corrected chi connectivity index (χ1v) is 9.91. The first-order chi connectivity index (χ1) is 14.5. The maximum Gasteiger partial charge on any atom is 0.282 e. The predicted octanol–water partition coefficient (Wildman–Crippen LogP) is 4.13. The van der Waals surface area contributed by atoms with Crippen molar-refractivity contribution < 1.29 is 18.3 Å². The number of carbonyl (C=O) groups excluding carboxylic acids is 1. The molecule has 1 saturated carbocycles. The summed E-state index contributed by atoms with van der Waals surface area (Å²) in [6.07, 6.45) is 3.34. The van der Waals surface area contributed by atoms with Gasteiger partial charge in [-0.2, -0.15) is 10.2 Å². The van der Waals surface area contributed by atoms with Crippen LogP contribution in [0.1, 0.15) is 49.1 Å². The Hall–Kier alpha value is -3.23. The molecule has 1 aliphatic rings. The zero-order valence-electron chi connectivity index (χ0n) is 16.6. The van der Waals surface area contributed by atoms with Gasteiger partial charge in [-0.3, -0.25) is 9.48 Å². The van der Waals surface area contributed by atoms with Crippen LogP contribution in [0.4, 0.5) is 14.5 Å². The van der Waals surface area contributed by atoms with Gasteiger partial charge in [0.2, 0.25) is 5.91 Å². The van der Waals surface area contributed by atoms with E-state index in [1.807, 2.05) is 24.3 Å². The van der Waals surface area contributed by atoms with Crippen LogP contribution in [0.2, 0.25) is 0 Å². The van der Waals surface area contributed by atoms with Crippen LogP contribution in [-0.4, -0.2) is 25.5 Å². The number of anilines is 1. The van der Waals surface area contributed by atoms with Crippen molar-refractivity contribution in [3.05, 3.63) is 59.7 Å². The Morgan fingerprint density at radius 3 is 2.73 bits per heavy atom. The van der Waals surface area contributed by atoms with E-state index in [2.05, 4.69) is 22.4 Å². The van der Waals surface area contributed by atoms with E-state index in [0.717, 1.165) is 25.0 Å². The van der Waals surface area contributed by atoms with Crippen molar-refractivity contribution in [2.45, 2.75) is 51.8 Å². The molecule has 0 unspecified atom stereocenters. The summed E-state index contributed by atoms with van der Waals surface area (Å²) in [7, 11) is 0. The van der Waals surface area contributed by atoms with Crippen LogP contribution in [-0.2, 0) is 24.5 Å². The summed E-state index contributed by atoms with van der Waals surface area (Å²) in [6, 6.07) is 9.22. The molecule has 30 heavy (non-hydrogen) atoms. The molecule has 1 amide bonds. The van der Waals surface area contributed by atoms with Gasteiger partial charge in [-0.05, 0) is 43.0 Å². The number of benzene rings is 1. The lowest BCUT2D eigenvalue weighted by Gasteiger charge is -2.07. The number of ether oxygens (including phenoxy) is 1. The molecule has 0 radical (unpaired) electrons. The highest BCUT2D eigenvalue weighted by atomic mass is 19.3. The van der Waals surface area contributed by atoms with Gasteiger partial charge in [0, 0.05) is 11.6 Å². The fourth-order valence-electron chi connectivity index (χ4n) is 3.19. The summed E-state index contributed by atoms with van der Waals surface area (Å²) < 4.78 is 34.5. The van der Waals surface area contributed by atoms with Gasteiger partial charge >= 0.3 is 0 Å². The minimum absolute atomic E-state index is 0.121. The number of carbonyl (C=O) groups is 1. The van der Waals surface area contributed by atoms with Crippen molar-refractivity contribution in [3.63, 3.8) is 0 Å². The lowest BCUT2D eigenvalue weighted by molar-refractivity contribution is -0.117. The lowest BCUT2D eigenvalue weighted by Crippen LogP contribution is -2.20. The van der Waals surface area contributed by atoms with E-state index < -0.39 is 6.43 Å². The second kappa shape index (κ2) is 8.64. The molecule has 4 rings (SSSR count). The summed E-state index contributed by atoms with van der Waals surface area (Å²) in [4.78, 5) is 12.4. The largest absolute Gasteiger partial charge is 0.471 e. The van der Waals surface area contributed by atoms with Crippen molar-refractivity contribution >= 4 is 11.6 Å². The van der Waals surface area contributed by atoms with Crippen LogP contribution >= 0.6 is 0 Å². The Morgan fingerprint density at radius 1 is 1.30 bits per heavy atom. The van der Waals surface area contributed by atoms with Crippen LogP contribution in [0.15, 0.2) is 42.7 Å². The Labute approximate surface area is 172 Å². The second-order valence-corrected chi connectivity index (χ2v) is 7.31. The van der Waals surface area contributed by atoms with Crippen LogP contribution in [0.5, 0.6) is 5.75 Å². The van der Waals surface area contributed by atoms with Crippen LogP contribution in [0, 0.1) is 0 Å². The predicted molar refractivity (Wildman–Crippen MR) is 106 cm³/mol. The third-order valence-electron chi connectivity index (χ3n) is 4.95. The van der Waals surface area contributed by atoms with Gasteiger partial charge in [-0.25, -0.2) is 13.5 Å². The number of aryl methyl sites for hydroxylation is 1. The molecule has 1 aliphatic carbocycles. The Bertz CT molecular complexity index is 1010. The van der Waals surface area contributed by atoms with Gasteiger partial charge in [0.1, 0.15) is 18.0 Å². The monoisotopic (exact) mass is 415 g/mol. The molecule has 3 aromatic rings. The van der Waals surface area contributed by atoms with Crippen molar-refractivity contribution in [2.24, 2.45) is 0 Å². The van der Waals surface area contributed by atoms with Gasteiger partial charge in [0.05, 0.1) is 18.1 Å². The summed E-state index contributed by atoms with van der Waals surface area (Å²) in [5.41, 5.74) is 2.13. The van der Waals surface area contributed by atoms with Gasteiger partial charge in [0.25, 0.3) is 6.43 Å². The lowest BCUT2D eigenvalue weighted by atomic mass is 10.2. The van der Waals surface area contributed by atoms with Crippen LogP contribution < -0.4 is 10.1 Å². The topological polar surface area (TPSA) is 74.0 Å². The number of amides is 1.